The monoisotopic (exact) mass is 238 g/mol. The summed E-state index contributed by atoms with van der Waals surface area (Å²) in [5.74, 6) is -0.150. The van der Waals surface area contributed by atoms with E-state index in [4.69, 9.17) is 9.57 Å². The third-order valence-corrected chi connectivity index (χ3v) is 2.26. The van der Waals surface area contributed by atoms with Crippen LogP contribution >= 0.6 is 0 Å². The van der Waals surface area contributed by atoms with Gasteiger partial charge in [0.1, 0.15) is 5.75 Å². The van der Waals surface area contributed by atoms with Crippen LogP contribution in [0.3, 0.4) is 0 Å². The molecule has 0 bridgehead atoms. The number of fused-ring (bicyclic) bond motifs is 1. The molecule has 0 atom stereocenters. The minimum absolute atomic E-state index is 0.0686. The number of amides is 1. The molecule has 0 N–H and O–H groups in total. The van der Waals surface area contributed by atoms with Gasteiger partial charge in [0.05, 0.1) is 23.2 Å². The predicted molar refractivity (Wildman–Crippen MR) is 56.4 cm³/mol. The number of nitrogens with zero attached hydrogens (tertiary/aromatic N) is 2. The van der Waals surface area contributed by atoms with Gasteiger partial charge in [-0.05, 0) is 13.0 Å². The Hall–Kier alpha value is -2.15. The standard InChI is InChI=1S/C10H10N2O5/c1-2-17-11-6-16-9-5-7(12(14)15)3-4-8(9)10(11)13/h3-5H,2,6H2,1H3. The molecule has 0 unspecified atom stereocenters. The number of nitro groups is 1. The molecule has 0 saturated heterocycles. The molecule has 7 heteroatoms. The number of rotatable bonds is 3. The van der Waals surface area contributed by atoms with Gasteiger partial charge in [0.2, 0.25) is 0 Å². The van der Waals surface area contributed by atoms with E-state index in [1.807, 2.05) is 0 Å². The third-order valence-electron chi connectivity index (χ3n) is 2.26. The summed E-state index contributed by atoms with van der Waals surface area (Å²) in [6, 6.07) is 3.85. The van der Waals surface area contributed by atoms with E-state index in [0.29, 0.717) is 6.61 Å². The molecule has 1 aromatic carbocycles. The van der Waals surface area contributed by atoms with Gasteiger partial charge in [-0.2, -0.15) is 5.06 Å². The fraction of sp³-hybridized carbons (Fsp3) is 0.300. The van der Waals surface area contributed by atoms with Gasteiger partial charge in [-0.1, -0.05) is 0 Å². The summed E-state index contributed by atoms with van der Waals surface area (Å²) in [4.78, 5) is 26.9. The van der Waals surface area contributed by atoms with E-state index in [1.165, 1.54) is 18.2 Å². The van der Waals surface area contributed by atoms with Crippen LogP contribution in [-0.4, -0.2) is 29.2 Å². The summed E-state index contributed by atoms with van der Waals surface area (Å²) in [7, 11) is 0. The normalized spacial score (nSPS) is 14.2. The van der Waals surface area contributed by atoms with E-state index in [-0.39, 0.29) is 29.6 Å². The SMILES string of the molecule is CCON1COc2cc([N+](=O)[O-])ccc2C1=O. The van der Waals surface area contributed by atoms with Crippen LogP contribution in [0, 0.1) is 10.1 Å². The maximum absolute atomic E-state index is 11.8. The number of hydrogen-bond donors (Lipinski definition) is 0. The Kier molecular flexibility index (Phi) is 2.92. The molecule has 1 aliphatic rings. The molecule has 0 aliphatic carbocycles. The van der Waals surface area contributed by atoms with E-state index in [2.05, 4.69) is 0 Å². The highest BCUT2D eigenvalue weighted by molar-refractivity contribution is 5.97. The molecule has 0 fully saturated rings. The Morgan fingerprint density at radius 1 is 1.59 bits per heavy atom. The van der Waals surface area contributed by atoms with Crippen LogP contribution in [0.4, 0.5) is 5.69 Å². The van der Waals surface area contributed by atoms with Crippen molar-refractivity contribution in [3.05, 3.63) is 33.9 Å². The molecule has 1 heterocycles. The van der Waals surface area contributed by atoms with Crippen LogP contribution in [0.25, 0.3) is 0 Å². The number of non-ortho nitro benzene ring substituents is 1. The van der Waals surface area contributed by atoms with Crippen molar-refractivity contribution in [3.8, 4) is 5.75 Å². The first-order valence-electron chi connectivity index (χ1n) is 4.99. The zero-order valence-electron chi connectivity index (χ0n) is 9.08. The molecular formula is C10H10N2O5. The van der Waals surface area contributed by atoms with Crippen LogP contribution in [0.1, 0.15) is 17.3 Å². The number of hydroxylamine groups is 2. The first-order chi connectivity index (χ1) is 8.13. The highest BCUT2D eigenvalue weighted by Gasteiger charge is 2.27. The number of ether oxygens (including phenoxy) is 1. The fourth-order valence-corrected chi connectivity index (χ4v) is 1.49. The number of carbonyl (C=O) groups excluding carboxylic acids is 1. The second-order valence-electron chi connectivity index (χ2n) is 3.31. The maximum Gasteiger partial charge on any atom is 0.284 e. The molecule has 0 saturated carbocycles. The Balaban J connectivity index is 2.32. The van der Waals surface area contributed by atoms with E-state index in [1.54, 1.807) is 6.92 Å². The second kappa shape index (κ2) is 4.38. The lowest BCUT2D eigenvalue weighted by molar-refractivity contribution is -0.385. The molecule has 0 aromatic heterocycles. The largest absolute Gasteiger partial charge is 0.470 e. The summed E-state index contributed by atoms with van der Waals surface area (Å²) < 4.78 is 5.23. The van der Waals surface area contributed by atoms with Gasteiger partial charge < -0.3 is 4.74 Å². The van der Waals surface area contributed by atoms with Crippen LogP contribution in [0.5, 0.6) is 5.75 Å². The van der Waals surface area contributed by atoms with Gasteiger partial charge in [-0.25, -0.2) is 0 Å². The van der Waals surface area contributed by atoms with Crippen molar-refractivity contribution in [1.82, 2.24) is 5.06 Å². The Bertz CT molecular complexity index is 474. The van der Waals surface area contributed by atoms with E-state index in [9.17, 15) is 14.9 Å². The highest BCUT2D eigenvalue weighted by Crippen LogP contribution is 2.29. The molecule has 1 amide bonds. The number of benzene rings is 1. The molecule has 0 radical (unpaired) electrons. The minimum atomic E-state index is -0.539. The molecule has 2 rings (SSSR count). The molecule has 90 valence electrons. The second-order valence-corrected chi connectivity index (χ2v) is 3.31. The van der Waals surface area contributed by atoms with E-state index >= 15 is 0 Å². The minimum Gasteiger partial charge on any atom is -0.470 e. The summed E-state index contributed by atoms with van der Waals surface area (Å²) in [6.07, 6.45) is 0. The van der Waals surface area contributed by atoms with Crippen LogP contribution in [0.2, 0.25) is 0 Å². The van der Waals surface area contributed by atoms with Crippen molar-refractivity contribution in [2.24, 2.45) is 0 Å². The lowest BCUT2D eigenvalue weighted by Crippen LogP contribution is -2.38. The van der Waals surface area contributed by atoms with Crippen molar-refractivity contribution < 1.29 is 19.3 Å². The Morgan fingerprint density at radius 2 is 2.35 bits per heavy atom. The van der Waals surface area contributed by atoms with Gasteiger partial charge in [-0.3, -0.25) is 19.7 Å². The average molecular weight is 238 g/mol. The average Bonchev–Trinajstić information content (AvgIpc) is 2.32. The fourth-order valence-electron chi connectivity index (χ4n) is 1.49. The van der Waals surface area contributed by atoms with E-state index < -0.39 is 4.92 Å². The van der Waals surface area contributed by atoms with Crippen molar-refractivity contribution >= 4 is 11.6 Å². The summed E-state index contributed by atoms with van der Waals surface area (Å²) >= 11 is 0. The van der Waals surface area contributed by atoms with Gasteiger partial charge >= 0.3 is 0 Å². The number of carbonyl (C=O) groups is 1. The first kappa shape index (κ1) is 11.3. The Morgan fingerprint density at radius 3 is 3.00 bits per heavy atom. The van der Waals surface area contributed by atoms with Crippen LogP contribution in [0.15, 0.2) is 18.2 Å². The zero-order valence-corrected chi connectivity index (χ0v) is 9.08. The van der Waals surface area contributed by atoms with Crippen molar-refractivity contribution in [1.29, 1.82) is 0 Å². The van der Waals surface area contributed by atoms with Crippen LogP contribution < -0.4 is 4.74 Å². The molecule has 1 aliphatic heterocycles. The lowest BCUT2D eigenvalue weighted by Gasteiger charge is -2.26. The van der Waals surface area contributed by atoms with Crippen molar-refractivity contribution in [2.75, 3.05) is 13.3 Å². The number of nitro benzene ring substituents is 1. The predicted octanol–water partition coefficient (Wildman–Crippen LogP) is 1.34. The molecule has 17 heavy (non-hydrogen) atoms. The lowest BCUT2D eigenvalue weighted by atomic mass is 10.1. The Labute approximate surface area is 96.6 Å². The number of hydrogen-bond acceptors (Lipinski definition) is 5. The van der Waals surface area contributed by atoms with Crippen molar-refractivity contribution in [2.45, 2.75) is 6.92 Å². The summed E-state index contributed by atoms with van der Waals surface area (Å²) in [6.45, 7) is 2.02. The smallest absolute Gasteiger partial charge is 0.284 e. The molecule has 7 nitrogen and oxygen atoms in total. The summed E-state index contributed by atoms with van der Waals surface area (Å²) in [5, 5.41) is 11.6. The maximum atomic E-state index is 11.8. The molecule has 0 spiro atoms. The first-order valence-corrected chi connectivity index (χ1v) is 4.99. The van der Waals surface area contributed by atoms with Crippen molar-refractivity contribution in [3.63, 3.8) is 0 Å². The summed E-state index contributed by atoms with van der Waals surface area (Å²) in [5.41, 5.74) is 0.150. The quantitative estimate of drug-likeness (QED) is 0.586. The topological polar surface area (TPSA) is 81.9 Å². The van der Waals surface area contributed by atoms with Gasteiger partial charge in [-0.15, -0.1) is 0 Å². The third kappa shape index (κ3) is 2.04. The van der Waals surface area contributed by atoms with Gasteiger partial charge in [0.15, 0.2) is 6.73 Å². The van der Waals surface area contributed by atoms with Gasteiger partial charge in [0.25, 0.3) is 11.6 Å². The zero-order chi connectivity index (χ0) is 12.4. The highest BCUT2D eigenvalue weighted by atomic mass is 16.7. The molecular weight excluding hydrogens is 228 g/mol. The molecule has 1 aromatic rings. The van der Waals surface area contributed by atoms with Gasteiger partial charge in [0, 0.05) is 6.07 Å². The van der Waals surface area contributed by atoms with Crippen LogP contribution in [-0.2, 0) is 4.84 Å². The van der Waals surface area contributed by atoms with E-state index in [0.717, 1.165) is 5.06 Å².